The third-order valence-electron chi connectivity index (χ3n) is 11.2. The number of fused-ring (bicyclic) bond motifs is 4. The van der Waals surface area contributed by atoms with Crippen LogP contribution in [0.15, 0.2) is 58.1 Å². The molecule has 19 heteroatoms. The minimum atomic E-state index is -0.190. The Morgan fingerprint density at radius 1 is 0.439 bits per heavy atom. The van der Waals surface area contributed by atoms with Crippen molar-refractivity contribution in [3.8, 4) is 0 Å². The van der Waals surface area contributed by atoms with Gasteiger partial charge in [0.2, 0.25) is 35.7 Å². The lowest BCUT2D eigenvalue weighted by molar-refractivity contribution is 0.392. The van der Waals surface area contributed by atoms with Crippen LogP contribution in [0.3, 0.4) is 0 Å². The molecular formula is C47H65N17O2. The summed E-state index contributed by atoms with van der Waals surface area (Å²) >= 11 is 0. The average molecular weight is 900 g/mol. The van der Waals surface area contributed by atoms with E-state index in [0.29, 0.717) is 85.3 Å². The van der Waals surface area contributed by atoms with Gasteiger partial charge in [0.1, 0.15) is 0 Å². The SMILES string of the molecule is CN(C)CCCCCNc1nc(N)nc(Nc2ccc3[nH]c4cc5c(=O)c6cc(Nc7nc(NCCCCCN(C)C)nc(NCCCCCN(C)C)n7)ccc6[nH]c5cc4c(=O)c3c2)n1. The van der Waals surface area contributed by atoms with E-state index in [1.54, 1.807) is 24.3 Å². The standard InChI is InChI=1S/C47H65N17O2/c1-62(2)23-13-7-10-20-49-43-56-42(48)57-46(59-43)52-30-16-18-36-32(26-30)40(65)34-28-39-35(29-38(34)54-36)41(66)33-27-31(17-19-37(33)55-39)53-47-60-44(50-21-11-8-14-24-63(3)4)58-45(61-47)51-22-12-9-15-25-64(5)6/h16-19,26-29H,7-15,20-25H2,1-6H3,(H,54,65)(H,55,66)(H4,48,49,52,56,57,59)(H3,50,51,53,58,60,61). The Hall–Kier alpha value is -6.70. The van der Waals surface area contributed by atoms with Crippen molar-refractivity contribution in [2.45, 2.75) is 57.8 Å². The molecule has 0 fully saturated rings. The third-order valence-corrected chi connectivity index (χ3v) is 11.2. The maximum Gasteiger partial charge on any atom is 0.233 e. The molecule has 4 heterocycles. The number of hydrogen-bond donors (Lipinski definition) is 8. The maximum absolute atomic E-state index is 14.2. The molecule has 0 saturated heterocycles. The Balaban J connectivity index is 1.09. The Labute approximate surface area is 384 Å². The first-order chi connectivity index (χ1) is 31.9. The number of nitrogens with zero attached hydrogens (tertiary/aromatic N) is 9. The normalized spacial score (nSPS) is 11.8. The highest BCUT2D eigenvalue weighted by Crippen LogP contribution is 2.26. The molecule has 350 valence electrons. The summed E-state index contributed by atoms with van der Waals surface area (Å²) in [5.74, 6) is 2.03. The molecule has 19 nitrogen and oxygen atoms in total. The predicted octanol–water partition coefficient (Wildman–Crippen LogP) is 6.55. The van der Waals surface area contributed by atoms with Crippen LogP contribution in [-0.4, -0.2) is 136 Å². The summed E-state index contributed by atoms with van der Waals surface area (Å²) in [5, 5.41) is 18.3. The van der Waals surface area contributed by atoms with Crippen molar-refractivity contribution in [2.24, 2.45) is 0 Å². The Morgan fingerprint density at radius 3 is 1.20 bits per heavy atom. The highest BCUT2D eigenvalue weighted by molar-refractivity contribution is 6.03. The van der Waals surface area contributed by atoms with Gasteiger partial charge in [0.05, 0.1) is 11.0 Å². The smallest absolute Gasteiger partial charge is 0.233 e. The number of aromatic nitrogens is 8. The molecule has 0 radical (unpaired) electrons. The number of nitrogens with two attached hydrogens (primary N) is 1. The Morgan fingerprint density at radius 2 is 0.788 bits per heavy atom. The van der Waals surface area contributed by atoms with Crippen LogP contribution < -0.4 is 43.2 Å². The Kier molecular flexibility index (Phi) is 16.1. The fourth-order valence-electron chi connectivity index (χ4n) is 7.77. The van der Waals surface area contributed by atoms with E-state index >= 15 is 0 Å². The van der Waals surface area contributed by atoms with Gasteiger partial charge in [-0.2, -0.15) is 29.9 Å². The zero-order chi connectivity index (χ0) is 46.6. The molecule has 0 aliphatic heterocycles. The summed E-state index contributed by atoms with van der Waals surface area (Å²) in [4.78, 5) is 68.6. The van der Waals surface area contributed by atoms with Crippen molar-refractivity contribution < 1.29 is 0 Å². The summed E-state index contributed by atoms with van der Waals surface area (Å²) in [5.41, 5.74) is 9.24. The molecule has 0 spiro atoms. The molecule has 0 unspecified atom stereocenters. The summed E-state index contributed by atoms with van der Waals surface area (Å²) < 4.78 is 0. The second kappa shape index (κ2) is 22.5. The van der Waals surface area contributed by atoms with E-state index in [1.165, 1.54) is 0 Å². The maximum atomic E-state index is 14.2. The molecule has 0 amide bonds. The predicted molar refractivity (Wildman–Crippen MR) is 271 cm³/mol. The molecule has 7 aromatic rings. The monoisotopic (exact) mass is 900 g/mol. The van der Waals surface area contributed by atoms with Crippen LogP contribution in [0, 0.1) is 0 Å². The molecule has 7 rings (SSSR count). The van der Waals surface area contributed by atoms with Crippen molar-refractivity contribution in [1.29, 1.82) is 0 Å². The molecule has 0 bridgehead atoms. The highest BCUT2D eigenvalue weighted by Gasteiger charge is 2.15. The van der Waals surface area contributed by atoms with E-state index in [9.17, 15) is 9.59 Å². The van der Waals surface area contributed by atoms with Gasteiger partial charge in [-0.25, -0.2) is 0 Å². The summed E-state index contributed by atoms with van der Waals surface area (Å²) in [7, 11) is 12.5. The van der Waals surface area contributed by atoms with Gasteiger partial charge in [0, 0.05) is 63.6 Å². The number of anilines is 8. The van der Waals surface area contributed by atoms with Crippen molar-refractivity contribution in [3.63, 3.8) is 0 Å². The molecule has 0 aliphatic rings. The van der Waals surface area contributed by atoms with Crippen LogP contribution in [0.1, 0.15) is 57.8 Å². The van der Waals surface area contributed by atoms with Gasteiger partial charge < -0.3 is 57.0 Å². The minimum Gasteiger partial charge on any atom is -0.368 e. The largest absolute Gasteiger partial charge is 0.368 e. The number of benzene rings is 3. The van der Waals surface area contributed by atoms with E-state index in [0.717, 1.165) is 90.5 Å². The molecule has 0 atom stereocenters. The van der Waals surface area contributed by atoms with Crippen LogP contribution in [0.4, 0.5) is 47.1 Å². The fourth-order valence-corrected chi connectivity index (χ4v) is 7.77. The number of unbranched alkanes of at least 4 members (excludes halogenated alkanes) is 6. The van der Waals surface area contributed by atoms with Gasteiger partial charge in [-0.15, -0.1) is 0 Å². The van der Waals surface area contributed by atoms with E-state index < -0.39 is 0 Å². The number of rotatable bonds is 25. The van der Waals surface area contributed by atoms with Crippen molar-refractivity contribution in [1.82, 2.24) is 54.6 Å². The first-order valence-corrected chi connectivity index (χ1v) is 23.0. The quantitative estimate of drug-likeness (QED) is 0.0224. The first kappa shape index (κ1) is 47.3. The minimum absolute atomic E-state index is 0.0777. The molecule has 0 aliphatic carbocycles. The average Bonchev–Trinajstić information content (AvgIpc) is 3.27. The molecular weight excluding hydrogens is 835 g/mol. The van der Waals surface area contributed by atoms with E-state index in [2.05, 4.69) is 123 Å². The molecule has 4 aromatic heterocycles. The highest BCUT2D eigenvalue weighted by atomic mass is 16.1. The van der Waals surface area contributed by atoms with Crippen molar-refractivity contribution in [3.05, 3.63) is 69.0 Å². The van der Waals surface area contributed by atoms with Crippen molar-refractivity contribution >= 4 is 90.7 Å². The number of H-pyrrole nitrogens is 2. The lowest BCUT2D eigenvalue weighted by Crippen LogP contribution is -2.15. The fraction of sp³-hybridized carbons (Fsp3) is 0.447. The van der Waals surface area contributed by atoms with Crippen molar-refractivity contribution in [2.75, 3.05) is 114 Å². The number of aromatic amines is 2. The molecule has 66 heavy (non-hydrogen) atoms. The Bertz CT molecular complexity index is 2820. The second-order valence-corrected chi connectivity index (χ2v) is 17.6. The van der Waals surface area contributed by atoms with E-state index in [4.69, 9.17) is 5.73 Å². The number of hydrogen-bond acceptors (Lipinski definition) is 17. The van der Waals surface area contributed by atoms with Gasteiger partial charge in [-0.05, 0) is 149 Å². The number of nitrogens with one attached hydrogen (secondary N) is 7. The van der Waals surface area contributed by atoms with Crippen LogP contribution in [-0.2, 0) is 0 Å². The van der Waals surface area contributed by atoms with Gasteiger partial charge >= 0.3 is 0 Å². The van der Waals surface area contributed by atoms with E-state index in [1.807, 2.05) is 24.3 Å². The summed E-state index contributed by atoms with van der Waals surface area (Å²) in [6.07, 6.45) is 9.59. The summed E-state index contributed by atoms with van der Waals surface area (Å²) in [6.45, 7) is 5.34. The second-order valence-electron chi connectivity index (χ2n) is 17.6. The zero-order valence-corrected chi connectivity index (χ0v) is 39.1. The molecule has 9 N–H and O–H groups in total. The van der Waals surface area contributed by atoms with Crippen LogP contribution in [0.5, 0.6) is 0 Å². The lowest BCUT2D eigenvalue weighted by atomic mass is 10.0. The van der Waals surface area contributed by atoms with E-state index in [-0.39, 0.29) is 22.8 Å². The lowest BCUT2D eigenvalue weighted by Gasteiger charge is -2.13. The molecule has 3 aromatic carbocycles. The summed E-state index contributed by atoms with van der Waals surface area (Å²) in [6, 6.07) is 14.4. The van der Waals surface area contributed by atoms with Gasteiger partial charge in [-0.3, -0.25) is 9.59 Å². The topological polar surface area (TPSA) is 239 Å². The van der Waals surface area contributed by atoms with Crippen LogP contribution in [0.2, 0.25) is 0 Å². The van der Waals surface area contributed by atoms with Crippen LogP contribution >= 0.6 is 0 Å². The van der Waals surface area contributed by atoms with Gasteiger partial charge in [-0.1, -0.05) is 19.3 Å². The number of nitrogen functional groups attached to an aromatic ring is 1. The van der Waals surface area contributed by atoms with Gasteiger partial charge in [0.25, 0.3) is 0 Å². The molecule has 0 saturated carbocycles. The number of pyridine rings is 2. The third kappa shape index (κ3) is 13.0. The zero-order valence-electron chi connectivity index (χ0n) is 39.1. The van der Waals surface area contributed by atoms with Gasteiger partial charge in [0.15, 0.2) is 10.9 Å². The first-order valence-electron chi connectivity index (χ1n) is 23.0. The van der Waals surface area contributed by atoms with Crippen LogP contribution in [0.25, 0.3) is 43.6 Å².